The van der Waals surface area contributed by atoms with Crippen molar-refractivity contribution in [1.29, 1.82) is 0 Å². The molecule has 0 aliphatic carbocycles. The van der Waals surface area contributed by atoms with Crippen LogP contribution in [0, 0.1) is 45.9 Å². The number of nitrogens with one attached hydrogen (secondary N) is 8. The van der Waals surface area contributed by atoms with Crippen LogP contribution in [-0.2, 0) is 99.4 Å². The summed E-state index contributed by atoms with van der Waals surface area (Å²) in [5, 5.41) is 59.4. The lowest BCUT2D eigenvalue weighted by molar-refractivity contribution is -0.145. The SMILES string of the molecule is CC.CCC(=O)CCC(=O)NCCCNC(=O)[C@H](CCN(C(=O)CO)[C@@H](c1cc(-c2cc(F)ccc2F)cn1Cc1ccccc1)C(C)(C)C)NC(=O)[C@H](CC(N)=O)NC(=O)[C@H](C)CC(=O)[C@H](C)NC(C)=O.C[C@H](CC(=O)[C@H](C)NC(=O)CCC(=O)CCC(=O)O)C(=O)N[C@@H](CC(N)=O)C(=O)N[C@@H](CCN(C(=O)CO)[C@@H](c1cc(-c2cc(F)ccc2F)cn1Cc1ccccc1)C(C)(C)C)C(=O)O. The highest BCUT2D eigenvalue weighted by Gasteiger charge is 2.42. The molecule has 0 bridgehead atoms. The van der Waals surface area contributed by atoms with Crippen molar-refractivity contribution in [2.75, 3.05) is 39.4 Å². The average Bonchev–Trinajstić information content (AvgIpc) is 1.60. The number of aromatic nitrogens is 2. The number of rotatable bonds is 54. The van der Waals surface area contributed by atoms with Crippen molar-refractivity contribution in [3.63, 3.8) is 0 Å². The van der Waals surface area contributed by atoms with E-state index in [4.69, 9.17) is 16.6 Å². The molecular formula is C98H132F4N14O22. The number of aliphatic hydroxyl groups is 2. The zero-order chi connectivity index (χ0) is 104. The number of aliphatic carboxylic acids is 2. The van der Waals surface area contributed by atoms with Crippen LogP contribution in [-0.4, -0.2) is 221 Å². The summed E-state index contributed by atoms with van der Waals surface area (Å²) in [4.78, 5) is 231. The number of hydrogen-bond acceptors (Lipinski definition) is 20. The summed E-state index contributed by atoms with van der Waals surface area (Å²) in [6.07, 6.45) is -0.394. The van der Waals surface area contributed by atoms with Crippen LogP contribution in [0.1, 0.15) is 221 Å². The van der Waals surface area contributed by atoms with E-state index in [0.717, 1.165) is 47.5 Å². The van der Waals surface area contributed by atoms with Crippen molar-refractivity contribution in [2.45, 2.75) is 248 Å². The minimum absolute atomic E-state index is 0.0000338. The second-order valence-electron chi connectivity index (χ2n) is 35.5. The highest BCUT2D eigenvalue weighted by molar-refractivity contribution is 5.99. The number of carbonyl (C=O) groups excluding carboxylic acids is 16. The predicted octanol–water partition coefficient (Wildman–Crippen LogP) is 7.18. The lowest BCUT2D eigenvalue weighted by Crippen LogP contribution is -2.56. The number of nitrogens with two attached hydrogens (primary N) is 2. The number of aliphatic hydroxyl groups excluding tert-OH is 2. The standard InChI is InChI=1S/C50H68F2N8O10.C46H58F2N6O12.C2H6/c1-8-36(63)16-18-44(66)54-20-12-21-55-48(69)39(57-49(70)40(26-43(53)65)58-47(68)30(2)23-42(64)31(3)56-32(4)62)19-22-60(45(67)29-61)46(50(5,6)7)41-24-34(37-25-35(51)15-17-38(37)52)28-59(41)27-33-13-10-9-11-14-33;1-26(19-37(57)27(2)50-39(59)15-12-31(56)13-16-41(61)62)43(63)52-35(22-38(49)58)44(64)51-34(45(65)66)17-18-54(40(60)25-55)42(46(3,4)5)36-20-29(32-21-30(47)11-14-33(32)48)24-53(36)23-28-9-7-6-8-10-28;1-2/h9-11,13-15,17,24-25,28,30-31,39-40,46,61H,8,12,16,18-23,26-27,29H2,1-7H3,(H2,53,65)(H,54,66)(H,55,69)(H,56,62)(H,57,70)(H,58,68);6-11,14,20-21,24,26-27,34-35,42,55H,12-13,15-19,22-23,25H2,1-5H3,(H2,49,58)(H,50,59)(H,51,64)(H,52,63)(H,61,62)(H,65,66);1-2H3/t30-,31+,39+,40+,46+;26-,27+,34+,35+,42+;/m11./s1. The molecule has 0 aliphatic rings. The third kappa shape index (κ3) is 38.8. The van der Waals surface area contributed by atoms with Gasteiger partial charge in [0.05, 0.1) is 43.4 Å². The summed E-state index contributed by atoms with van der Waals surface area (Å²) in [6, 6.07) is 17.2. The molecule has 0 fully saturated rings. The average molecular weight is 1930 g/mol. The molecule has 138 heavy (non-hydrogen) atoms. The number of ketones is 4. The first-order valence-electron chi connectivity index (χ1n) is 45.5. The van der Waals surface area contributed by atoms with E-state index in [1.807, 2.05) is 95.3 Å². The number of primary amides is 2. The molecule has 754 valence electrons. The van der Waals surface area contributed by atoms with Gasteiger partial charge >= 0.3 is 11.9 Å². The predicted molar refractivity (Wildman–Crippen MR) is 501 cm³/mol. The molecule has 4 aromatic carbocycles. The van der Waals surface area contributed by atoms with E-state index >= 15 is 8.78 Å². The Balaban J connectivity index is 0.000000567. The fraction of sp³-hybridized carbons (Fsp3) is 0.490. The summed E-state index contributed by atoms with van der Waals surface area (Å²) in [6.45, 7) is 21.2. The molecule has 16 N–H and O–H groups in total. The van der Waals surface area contributed by atoms with Crippen molar-refractivity contribution in [3.8, 4) is 22.3 Å². The second-order valence-corrected chi connectivity index (χ2v) is 35.5. The molecule has 10 atom stereocenters. The van der Waals surface area contributed by atoms with Crippen molar-refractivity contribution >= 4 is 106 Å². The third-order valence-electron chi connectivity index (χ3n) is 22.0. The van der Waals surface area contributed by atoms with Crippen LogP contribution in [0.25, 0.3) is 22.3 Å². The number of amides is 12. The number of halogens is 4. The lowest BCUT2D eigenvalue weighted by atomic mass is 9.82. The molecule has 6 aromatic rings. The van der Waals surface area contributed by atoms with Gasteiger partial charge in [0.1, 0.15) is 72.2 Å². The van der Waals surface area contributed by atoms with Gasteiger partial charge in [0.25, 0.3) is 0 Å². The Morgan fingerprint density at radius 3 is 1.22 bits per heavy atom. The van der Waals surface area contributed by atoms with Gasteiger partial charge in [-0.3, -0.25) is 81.5 Å². The number of carboxylic acid groups (broad SMARTS) is 2. The van der Waals surface area contributed by atoms with Crippen molar-refractivity contribution in [2.24, 2.45) is 34.1 Å². The third-order valence-corrected chi connectivity index (χ3v) is 22.0. The zero-order valence-electron chi connectivity index (χ0n) is 80.5. The summed E-state index contributed by atoms with van der Waals surface area (Å²) in [7, 11) is 0. The Kier molecular flexibility index (Phi) is 48.0. The van der Waals surface area contributed by atoms with Crippen molar-refractivity contribution in [1.82, 2.24) is 61.5 Å². The van der Waals surface area contributed by atoms with Gasteiger partial charge in [-0.25, -0.2) is 22.4 Å². The molecule has 6 rings (SSSR count). The Morgan fingerprint density at radius 1 is 0.442 bits per heavy atom. The van der Waals surface area contributed by atoms with Gasteiger partial charge in [0, 0.05) is 155 Å². The van der Waals surface area contributed by atoms with Gasteiger partial charge in [-0.2, -0.15) is 0 Å². The number of carbonyl (C=O) groups is 18. The molecule has 0 unspecified atom stereocenters. The maximum absolute atomic E-state index is 15.3. The first-order valence-corrected chi connectivity index (χ1v) is 45.5. The summed E-state index contributed by atoms with van der Waals surface area (Å²) in [5.41, 5.74) is 12.2. The molecule has 36 nitrogen and oxygen atoms in total. The maximum atomic E-state index is 15.3. The molecule has 0 saturated carbocycles. The molecule has 2 aromatic heterocycles. The quantitative estimate of drug-likeness (QED) is 0.0133. The highest BCUT2D eigenvalue weighted by atomic mass is 19.1. The topological polar surface area (TPSA) is 553 Å². The number of nitrogens with zero attached hydrogens (tertiary/aromatic N) is 4. The molecular weight excluding hydrogens is 1800 g/mol. The molecule has 0 saturated heterocycles. The minimum Gasteiger partial charge on any atom is -0.481 e. The number of benzene rings is 4. The fourth-order valence-electron chi connectivity index (χ4n) is 15.0. The van der Waals surface area contributed by atoms with Crippen molar-refractivity contribution in [3.05, 3.63) is 167 Å². The van der Waals surface area contributed by atoms with Crippen LogP contribution in [0.4, 0.5) is 17.6 Å². The maximum Gasteiger partial charge on any atom is 0.326 e. The Bertz CT molecular complexity index is 5230. The second kappa shape index (κ2) is 56.8. The minimum atomic E-state index is -1.75. The first-order chi connectivity index (χ1) is 64.8. The van der Waals surface area contributed by atoms with Gasteiger partial charge in [0.15, 0.2) is 11.6 Å². The zero-order valence-corrected chi connectivity index (χ0v) is 80.5. The van der Waals surface area contributed by atoms with E-state index < -0.39 is 227 Å². The number of hydrogen-bond donors (Lipinski definition) is 14. The Hall–Kier alpha value is -13.7. The Morgan fingerprint density at radius 2 is 0.826 bits per heavy atom. The van der Waals surface area contributed by atoms with Crippen LogP contribution in [0.15, 0.2) is 122 Å². The van der Waals surface area contributed by atoms with Gasteiger partial charge in [0.2, 0.25) is 70.9 Å². The molecule has 0 spiro atoms. The monoisotopic (exact) mass is 1930 g/mol. The highest BCUT2D eigenvalue weighted by Crippen LogP contribution is 2.44. The summed E-state index contributed by atoms with van der Waals surface area (Å²) < 4.78 is 63.0. The largest absolute Gasteiger partial charge is 0.481 e. The van der Waals surface area contributed by atoms with Crippen LogP contribution in [0.3, 0.4) is 0 Å². The lowest BCUT2D eigenvalue weighted by Gasteiger charge is -2.41. The van der Waals surface area contributed by atoms with Gasteiger partial charge in [-0.15, -0.1) is 0 Å². The molecule has 0 radical (unpaired) electrons. The molecule has 0 aliphatic heterocycles. The van der Waals surface area contributed by atoms with Gasteiger partial charge < -0.3 is 93.4 Å². The van der Waals surface area contributed by atoms with Gasteiger partial charge in [-0.1, -0.05) is 137 Å². The van der Waals surface area contributed by atoms with E-state index in [-0.39, 0.29) is 125 Å². The van der Waals surface area contributed by atoms with Gasteiger partial charge in [-0.05, 0) is 104 Å². The van der Waals surface area contributed by atoms with Crippen LogP contribution < -0.4 is 54.0 Å². The number of carboxylic acids is 2. The smallest absolute Gasteiger partial charge is 0.326 e. The normalized spacial score (nSPS) is 13.3. The Labute approximate surface area is 799 Å². The van der Waals surface area contributed by atoms with E-state index in [1.54, 1.807) is 61.4 Å². The van der Waals surface area contributed by atoms with Crippen LogP contribution >= 0.6 is 0 Å². The van der Waals surface area contributed by atoms with E-state index in [0.29, 0.717) is 23.4 Å². The van der Waals surface area contributed by atoms with E-state index in [1.165, 1.54) is 44.4 Å². The van der Waals surface area contributed by atoms with Crippen molar-refractivity contribution < 1.29 is 124 Å². The molecule has 2 heterocycles. The van der Waals surface area contributed by atoms with Crippen LogP contribution in [0.2, 0.25) is 0 Å². The molecule has 40 heteroatoms. The van der Waals surface area contributed by atoms with E-state index in [2.05, 4.69) is 42.5 Å². The summed E-state index contributed by atoms with van der Waals surface area (Å²) in [5.74, 6) is -19.0. The summed E-state index contributed by atoms with van der Waals surface area (Å²) >= 11 is 0. The number of Topliss-reactive ketones (excluding diaryl/α,β-unsaturated/α-hetero) is 4. The molecule has 12 amide bonds. The first kappa shape index (κ1) is 117. The fourth-order valence-corrected chi connectivity index (χ4v) is 15.0. The van der Waals surface area contributed by atoms with E-state index in [9.17, 15) is 110 Å². The van der Waals surface area contributed by atoms with Crippen LogP contribution in [0.5, 0.6) is 0 Å².